The molecule has 1 heterocycles. The van der Waals surface area contributed by atoms with Crippen molar-refractivity contribution < 1.29 is 9.59 Å². The van der Waals surface area contributed by atoms with Gasteiger partial charge in [0, 0.05) is 31.8 Å². The molecule has 2 aliphatic rings. The van der Waals surface area contributed by atoms with Crippen LogP contribution in [-0.2, 0) is 4.79 Å². The Morgan fingerprint density at radius 2 is 1.79 bits per heavy atom. The zero-order valence-corrected chi connectivity index (χ0v) is 11.8. The normalized spacial score (nSPS) is 23.1. The molecule has 0 aromatic heterocycles. The van der Waals surface area contributed by atoms with Crippen LogP contribution in [0, 0.1) is 5.92 Å². The number of rotatable bonds is 1. The van der Waals surface area contributed by atoms with Crippen molar-refractivity contribution in [3.63, 3.8) is 0 Å². The molecule has 0 saturated carbocycles. The molecule has 0 aromatic carbocycles. The molecule has 2 amide bonds. The van der Waals surface area contributed by atoms with Crippen molar-refractivity contribution in [1.29, 1.82) is 0 Å². The van der Waals surface area contributed by atoms with Crippen LogP contribution in [0.5, 0.6) is 0 Å². The minimum atomic E-state index is -0.224. The molecule has 0 radical (unpaired) electrons. The van der Waals surface area contributed by atoms with E-state index in [1.165, 1.54) is 0 Å². The maximum absolute atomic E-state index is 12.4. The van der Waals surface area contributed by atoms with Gasteiger partial charge in [0.1, 0.15) is 0 Å². The number of carbonyl (C=O) groups is 2. The van der Waals surface area contributed by atoms with E-state index in [9.17, 15) is 9.59 Å². The number of hydrogen-bond acceptors (Lipinski definition) is 2. The molecule has 1 aliphatic heterocycles. The summed E-state index contributed by atoms with van der Waals surface area (Å²) in [5.74, 6) is 0.298. The van der Waals surface area contributed by atoms with Crippen molar-refractivity contribution in [2.45, 2.75) is 6.92 Å². The Kier molecular flexibility index (Phi) is 4.47. The molecular formula is C14H18N2O2S. The van der Waals surface area contributed by atoms with E-state index in [4.69, 9.17) is 0 Å². The van der Waals surface area contributed by atoms with E-state index in [0.29, 0.717) is 26.2 Å². The third kappa shape index (κ3) is 3.50. The molecule has 4 nitrogen and oxygen atoms in total. The van der Waals surface area contributed by atoms with E-state index in [1.54, 1.807) is 9.80 Å². The zero-order valence-electron chi connectivity index (χ0n) is 11.0. The number of piperazine rings is 1. The van der Waals surface area contributed by atoms with Gasteiger partial charge in [0.05, 0.1) is 0 Å². The fraction of sp³-hybridized carbons (Fsp3) is 0.429. The second-order valence-corrected chi connectivity index (χ2v) is 5.17. The van der Waals surface area contributed by atoms with Crippen LogP contribution in [0.1, 0.15) is 6.92 Å². The topological polar surface area (TPSA) is 40.6 Å². The van der Waals surface area contributed by atoms with Crippen LogP contribution in [0.15, 0.2) is 36.0 Å². The van der Waals surface area contributed by atoms with Crippen molar-refractivity contribution >= 4 is 23.8 Å². The summed E-state index contributed by atoms with van der Waals surface area (Å²) < 4.78 is 0. The highest BCUT2D eigenvalue weighted by Gasteiger charge is 2.24. The molecule has 5 heteroatoms. The maximum Gasteiger partial charge on any atom is 0.278 e. The molecule has 2 rings (SSSR count). The first-order chi connectivity index (χ1) is 9.08. The van der Waals surface area contributed by atoms with Crippen molar-refractivity contribution in [3.05, 3.63) is 36.0 Å². The van der Waals surface area contributed by atoms with Gasteiger partial charge in [-0.15, -0.1) is 0 Å². The van der Waals surface area contributed by atoms with Gasteiger partial charge >= 0.3 is 0 Å². The quantitative estimate of drug-likeness (QED) is 0.744. The van der Waals surface area contributed by atoms with Gasteiger partial charge in [-0.1, -0.05) is 43.9 Å². The molecule has 1 saturated heterocycles. The molecule has 102 valence electrons. The average Bonchev–Trinajstić information content (AvgIpc) is 2.62. The van der Waals surface area contributed by atoms with Gasteiger partial charge in [-0.05, 0) is 12.0 Å². The number of allylic oxidation sites excluding steroid dienone is 4. The highest BCUT2D eigenvalue weighted by atomic mass is 32.1. The molecule has 19 heavy (non-hydrogen) atoms. The lowest BCUT2D eigenvalue weighted by Gasteiger charge is -2.34. The minimum Gasteiger partial charge on any atom is -0.335 e. The summed E-state index contributed by atoms with van der Waals surface area (Å²) in [7, 11) is 0. The SMILES string of the molecule is CC1C=CC=CC(C(=O)N2CCN(C(=O)S)CC2)=C1. The monoisotopic (exact) mass is 278 g/mol. The fourth-order valence-corrected chi connectivity index (χ4v) is 2.42. The second kappa shape index (κ2) is 6.10. The van der Waals surface area contributed by atoms with E-state index in [0.717, 1.165) is 5.57 Å². The van der Waals surface area contributed by atoms with Gasteiger partial charge in [0.2, 0.25) is 0 Å². The first-order valence-electron chi connectivity index (χ1n) is 6.42. The van der Waals surface area contributed by atoms with Gasteiger partial charge in [-0.2, -0.15) is 0 Å². The molecule has 1 unspecified atom stereocenters. The second-order valence-electron chi connectivity index (χ2n) is 4.79. The third-order valence-electron chi connectivity index (χ3n) is 3.33. The maximum atomic E-state index is 12.4. The summed E-state index contributed by atoms with van der Waals surface area (Å²) in [4.78, 5) is 26.9. The molecule has 0 spiro atoms. The van der Waals surface area contributed by atoms with Crippen molar-refractivity contribution in [2.24, 2.45) is 5.92 Å². The van der Waals surface area contributed by atoms with Crippen molar-refractivity contribution in [3.8, 4) is 0 Å². The van der Waals surface area contributed by atoms with Gasteiger partial charge in [0.25, 0.3) is 11.1 Å². The Morgan fingerprint density at radius 1 is 1.16 bits per heavy atom. The van der Waals surface area contributed by atoms with Gasteiger partial charge in [-0.3, -0.25) is 9.59 Å². The van der Waals surface area contributed by atoms with Crippen molar-refractivity contribution in [2.75, 3.05) is 26.2 Å². The van der Waals surface area contributed by atoms with Crippen molar-refractivity contribution in [1.82, 2.24) is 9.80 Å². The van der Waals surface area contributed by atoms with Crippen LogP contribution >= 0.6 is 12.6 Å². The summed E-state index contributed by atoms with van der Waals surface area (Å²) in [5.41, 5.74) is 0.725. The minimum absolute atomic E-state index is 0.0399. The van der Waals surface area contributed by atoms with Crippen LogP contribution in [0.4, 0.5) is 4.79 Å². The van der Waals surface area contributed by atoms with Crippen LogP contribution in [-0.4, -0.2) is 47.1 Å². The van der Waals surface area contributed by atoms with Crippen LogP contribution in [0.3, 0.4) is 0 Å². The number of nitrogens with zero attached hydrogens (tertiary/aromatic N) is 2. The summed E-state index contributed by atoms with van der Waals surface area (Å²) in [6.07, 6.45) is 9.71. The molecular weight excluding hydrogens is 260 g/mol. The largest absolute Gasteiger partial charge is 0.335 e. The molecule has 0 aromatic rings. The number of carbonyl (C=O) groups excluding carboxylic acids is 2. The summed E-state index contributed by atoms with van der Waals surface area (Å²) in [6, 6.07) is 0. The summed E-state index contributed by atoms with van der Waals surface area (Å²) in [6.45, 7) is 4.29. The Balaban J connectivity index is 2.00. The lowest BCUT2D eigenvalue weighted by atomic mass is 10.1. The predicted molar refractivity (Wildman–Crippen MR) is 78.1 cm³/mol. The van der Waals surface area contributed by atoms with Crippen LogP contribution in [0.25, 0.3) is 0 Å². The molecule has 0 N–H and O–H groups in total. The standard InChI is InChI=1S/C14H18N2O2S/c1-11-4-2-3-5-12(10-11)13(17)15-6-8-16(9-7-15)14(18)19/h2-5,10-11H,6-9H2,1H3,(H,18,19). The molecule has 1 fully saturated rings. The van der Waals surface area contributed by atoms with E-state index in [-0.39, 0.29) is 17.1 Å². The average molecular weight is 278 g/mol. The first kappa shape index (κ1) is 13.9. The van der Waals surface area contributed by atoms with Gasteiger partial charge < -0.3 is 9.80 Å². The van der Waals surface area contributed by atoms with Gasteiger partial charge in [-0.25, -0.2) is 0 Å². The highest BCUT2D eigenvalue weighted by Crippen LogP contribution is 2.15. The Hall–Kier alpha value is -1.49. The Labute approximate surface area is 118 Å². The number of hydrogen-bond donors (Lipinski definition) is 1. The van der Waals surface area contributed by atoms with E-state index >= 15 is 0 Å². The smallest absolute Gasteiger partial charge is 0.278 e. The van der Waals surface area contributed by atoms with Crippen LogP contribution < -0.4 is 0 Å². The number of thiol groups is 1. The fourth-order valence-electron chi connectivity index (χ4n) is 2.22. The Bertz CT molecular complexity index is 460. The highest BCUT2D eigenvalue weighted by molar-refractivity contribution is 7.96. The Morgan fingerprint density at radius 3 is 2.42 bits per heavy atom. The molecule has 1 atom stereocenters. The first-order valence-corrected chi connectivity index (χ1v) is 6.86. The lowest BCUT2D eigenvalue weighted by Crippen LogP contribution is -2.49. The number of amides is 2. The van der Waals surface area contributed by atoms with Gasteiger partial charge in [0.15, 0.2) is 0 Å². The molecule has 0 bridgehead atoms. The van der Waals surface area contributed by atoms with E-state index < -0.39 is 0 Å². The van der Waals surface area contributed by atoms with Crippen LogP contribution in [0.2, 0.25) is 0 Å². The van der Waals surface area contributed by atoms with E-state index in [2.05, 4.69) is 12.6 Å². The molecule has 1 aliphatic carbocycles. The summed E-state index contributed by atoms with van der Waals surface area (Å²) in [5, 5.41) is -0.224. The zero-order chi connectivity index (χ0) is 13.8. The predicted octanol–water partition coefficient (Wildman–Crippen LogP) is 1.87. The lowest BCUT2D eigenvalue weighted by molar-refractivity contribution is -0.128. The summed E-state index contributed by atoms with van der Waals surface area (Å²) >= 11 is 3.80. The third-order valence-corrected chi connectivity index (χ3v) is 3.61. The van der Waals surface area contributed by atoms with E-state index in [1.807, 2.05) is 37.3 Å².